The van der Waals surface area contributed by atoms with E-state index in [1.807, 2.05) is 24.4 Å². The van der Waals surface area contributed by atoms with Crippen LogP contribution in [0.2, 0.25) is 0 Å². The van der Waals surface area contributed by atoms with Crippen molar-refractivity contribution in [2.45, 2.75) is 13.0 Å². The molecule has 90 valence electrons. The first-order chi connectivity index (χ1) is 8.27. The van der Waals surface area contributed by atoms with Crippen molar-refractivity contribution < 1.29 is 5.11 Å². The Morgan fingerprint density at radius 2 is 2.29 bits per heavy atom. The number of hydrogen-bond acceptors (Lipinski definition) is 3. The van der Waals surface area contributed by atoms with E-state index in [1.54, 1.807) is 6.20 Å². The summed E-state index contributed by atoms with van der Waals surface area (Å²) in [7, 11) is 0. The molecule has 0 saturated carbocycles. The molecule has 0 unspecified atom stereocenters. The molecular formula is C12H14BrN3O. The largest absolute Gasteiger partial charge is 0.506 e. The van der Waals surface area contributed by atoms with Crippen LogP contribution >= 0.6 is 15.9 Å². The van der Waals surface area contributed by atoms with Crippen molar-refractivity contribution in [2.75, 3.05) is 6.54 Å². The van der Waals surface area contributed by atoms with E-state index in [1.165, 1.54) is 0 Å². The molecule has 0 saturated heterocycles. The number of halogens is 1. The van der Waals surface area contributed by atoms with E-state index in [-0.39, 0.29) is 0 Å². The van der Waals surface area contributed by atoms with Crippen molar-refractivity contribution in [3.05, 3.63) is 46.5 Å². The van der Waals surface area contributed by atoms with Crippen LogP contribution in [0.5, 0.6) is 5.75 Å². The molecule has 1 aromatic carbocycles. The van der Waals surface area contributed by atoms with Crippen LogP contribution in [-0.2, 0) is 13.0 Å². The predicted molar refractivity (Wildman–Crippen MR) is 69.8 cm³/mol. The summed E-state index contributed by atoms with van der Waals surface area (Å²) in [6, 6.07) is 5.63. The summed E-state index contributed by atoms with van der Waals surface area (Å²) in [6.07, 6.45) is 4.41. The van der Waals surface area contributed by atoms with Crippen molar-refractivity contribution in [3.63, 3.8) is 0 Å². The topological polar surface area (TPSA) is 60.9 Å². The third-order valence-corrected chi connectivity index (χ3v) is 3.12. The number of imidazole rings is 1. The van der Waals surface area contributed by atoms with Gasteiger partial charge >= 0.3 is 0 Å². The summed E-state index contributed by atoms with van der Waals surface area (Å²) in [5, 5.41) is 13.0. The van der Waals surface area contributed by atoms with E-state index in [0.29, 0.717) is 12.3 Å². The molecule has 0 bridgehead atoms. The molecule has 0 aliphatic rings. The van der Waals surface area contributed by atoms with Crippen molar-refractivity contribution >= 4 is 15.9 Å². The maximum atomic E-state index is 9.78. The number of hydrogen-bond donors (Lipinski definition) is 3. The molecule has 2 aromatic rings. The molecule has 0 aliphatic carbocycles. The fourth-order valence-corrected chi connectivity index (χ4v) is 1.97. The van der Waals surface area contributed by atoms with Gasteiger partial charge in [-0.15, -0.1) is 0 Å². The normalized spacial score (nSPS) is 10.6. The maximum Gasteiger partial charge on any atom is 0.134 e. The lowest BCUT2D eigenvalue weighted by Crippen LogP contribution is -2.17. The van der Waals surface area contributed by atoms with Crippen LogP contribution in [0.1, 0.15) is 11.4 Å². The molecule has 0 spiro atoms. The van der Waals surface area contributed by atoms with E-state index >= 15 is 0 Å². The van der Waals surface area contributed by atoms with Crippen molar-refractivity contribution in [1.82, 2.24) is 15.3 Å². The summed E-state index contributed by atoms with van der Waals surface area (Å²) in [5.74, 6) is 1.27. The Kier molecular flexibility index (Phi) is 4.17. The smallest absolute Gasteiger partial charge is 0.134 e. The fourth-order valence-electron chi connectivity index (χ4n) is 1.57. The van der Waals surface area contributed by atoms with Crippen LogP contribution < -0.4 is 5.32 Å². The number of nitrogens with one attached hydrogen (secondary N) is 2. The average molecular weight is 296 g/mol. The maximum absolute atomic E-state index is 9.78. The number of aromatic amines is 1. The van der Waals surface area contributed by atoms with Gasteiger partial charge in [0.1, 0.15) is 11.6 Å². The van der Waals surface area contributed by atoms with Crippen LogP contribution in [0.4, 0.5) is 0 Å². The molecule has 0 amide bonds. The van der Waals surface area contributed by atoms with Crippen molar-refractivity contribution in [1.29, 1.82) is 0 Å². The summed E-state index contributed by atoms with van der Waals surface area (Å²) in [6.45, 7) is 1.46. The first-order valence-electron chi connectivity index (χ1n) is 5.42. The number of phenolic OH excluding ortho intramolecular Hbond substituents is 1. The minimum atomic E-state index is 0.304. The number of nitrogens with zero attached hydrogens (tertiary/aromatic N) is 1. The van der Waals surface area contributed by atoms with Gasteiger partial charge in [-0.1, -0.05) is 12.1 Å². The molecule has 17 heavy (non-hydrogen) atoms. The van der Waals surface area contributed by atoms with Gasteiger partial charge in [0.25, 0.3) is 0 Å². The van der Waals surface area contributed by atoms with Crippen LogP contribution in [0.25, 0.3) is 0 Å². The minimum Gasteiger partial charge on any atom is -0.506 e. The lowest BCUT2D eigenvalue weighted by Gasteiger charge is -2.07. The standard InChI is InChI=1S/C12H14BrN3O/c13-10-3-1-2-9(12(10)17)8-14-5-4-11-15-6-7-16-11/h1-3,6-7,14,17H,4-5,8H2,(H,15,16). The van der Waals surface area contributed by atoms with E-state index in [0.717, 1.165) is 28.8 Å². The number of aromatic hydroxyl groups is 1. The van der Waals surface area contributed by atoms with E-state index < -0.39 is 0 Å². The molecule has 0 radical (unpaired) electrons. The van der Waals surface area contributed by atoms with Crippen LogP contribution in [0, 0.1) is 0 Å². The monoisotopic (exact) mass is 295 g/mol. The molecule has 1 aromatic heterocycles. The van der Waals surface area contributed by atoms with Gasteiger partial charge in [0.2, 0.25) is 0 Å². The van der Waals surface area contributed by atoms with E-state index in [4.69, 9.17) is 0 Å². The fraction of sp³-hybridized carbons (Fsp3) is 0.250. The zero-order valence-corrected chi connectivity index (χ0v) is 10.9. The Balaban J connectivity index is 1.80. The number of rotatable bonds is 5. The SMILES string of the molecule is Oc1c(Br)cccc1CNCCc1ncc[nH]1. The van der Waals surface area contributed by atoms with Crippen molar-refractivity contribution in [2.24, 2.45) is 0 Å². The second-order valence-electron chi connectivity index (χ2n) is 3.71. The lowest BCUT2D eigenvalue weighted by molar-refractivity contribution is 0.461. The Morgan fingerprint density at radius 1 is 1.41 bits per heavy atom. The summed E-state index contributed by atoms with van der Waals surface area (Å²) in [5.41, 5.74) is 0.888. The van der Waals surface area contributed by atoms with Gasteiger partial charge in [0.15, 0.2) is 0 Å². The predicted octanol–water partition coefficient (Wildman–Crippen LogP) is 2.21. The Hall–Kier alpha value is -1.33. The highest BCUT2D eigenvalue weighted by atomic mass is 79.9. The van der Waals surface area contributed by atoms with Gasteiger partial charge in [0.05, 0.1) is 4.47 Å². The quantitative estimate of drug-likeness (QED) is 0.741. The van der Waals surface area contributed by atoms with Crippen molar-refractivity contribution in [3.8, 4) is 5.75 Å². The molecule has 0 atom stereocenters. The number of aromatic nitrogens is 2. The van der Waals surface area contributed by atoms with E-state index in [2.05, 4.69) is 31.2 Å². The number of phenols is 1. The summed E-state index contributed by atoms with van der Waals surface area (Å²) in [4.78, 5) is 7.19. The molecule has 1 heterocycles. The summed E-state index contributed by atoms with van der Waals surface area (Å²) >= 11 is 3.29. The van der Waals surface area contributed by atoms with E-state index in [9.17, 15) is 5.11 Å². The molecule has 5 heteroatoms. The Bertz CT molecular complexity index is 471. The zero-order chi connectivity index (χ0) is 12.1. The highest BCUT2D eigenvalue weighted by Crippen LogP contribution is 2.26. The van der Waals surface area contributed by atoms with Gasteiger partial charge in [-0.05, 0) is 22.0 Å². The first kappa shape index (κ1) is 12.1. The van der Waals surface area contributed by atoms with Crippen LogP contribution in [-0.4, -0.2) is 21.6 Å². The van der Waals surface area contributed by atoms with Gasteiger partial charge in [0, 0.05) is 37.5 Å². The summed E-state index contributed by atoms with van der Waals surface area (Å²) < 4.78 is 0.725. The molecule has 3 N–H and O–H groups in total. The molecule has 2 rings (SSSR count). The Morgan fingerprint density at radius 3 is 3.06 bits per heavy atom. The van der Waals surface area contributed by atoms with Gasteiger partial charge in [-0.25, -0.2) is 4.98 Å². The van der Waals surface area contributed by atoms with Gasteiger partial charge in [-0.3, -0.25) is 0 Å². The molecular weight excluding hydrogens is 282 g/mol. The number of benzene rings is 1. The Labute approximate surface area is 108 Å². The molecule has 4 nitrogen and oxygen atoms in total. The first-order valence-corrected chi connectivity index (χ1v) is 6.22. The number of H-pyrrole nitrogens is 1. The van der Waals surface area contributed by atoms with Crippen LogP contribution in [0.3, 0.4) is 0 Å². The second kappa shape index (κ2) is 5.84. The molecule has 0 fully saturated rings. The van der Waals surface area contributed by atoms with Gasteiger partial charge < -0.3 is 15.4 Å². The third-order valence-electron chi connectivity index (χ3n) is 2.48. The lowest BCUT2D eigenvalue weighted by atomic mass is 10.2. The molecule has 0 aliphatic heterocycles. The zero-order valence-electron chi connectivity index (χ0n) is 9.28. The second-order valence-corrected chi connectivity index (χ2v) is 4.56. The highest BCUT2D eigenvalue weighted by Gasteiger charge is 2.03. The highest BCUT2D eigenvalue weighted by molar-refractivity contribution is 9.10. The van der Waals surface area contributed by atoms with Gasteiger partial charge in [-0.2, -0.15) is 0 Å². The number of para-hydroxylation sites is 1. The minimum absolute atomic E-state index is 0.304. The average Bonchev–Trinajstić information content (AvgIpc) is 2.83. The van der Waals surface area contributed by atoms with Crippen LogP contribution in [0.15, 0.2) is 35.1 Å². The third kappa shape index (κ3) is 3.31.